The minimum Gasteiger partial charge on any atom is -0.273 e. The molecule has 0 saturated carbocycles. The molecule has 0 radical (unpaired) electrons. The van der Waals surface area contributed by atoms with E-state index in [1.165, 1.54) is 11.8 Å². The Bertz CT molecular complexity index is 640. The van der Waals surface area contributed by atoms with Crippen molar-refractivity contribution in [1.29, 1.82) is 0 Å². The lowest BCUT2D eigenvalue weighted by atomic mass is 10.3. The Hall–Kier alpha value is -2.07. The van der Waals surface area contributed by atoms with E-state index in [0.29, 0.717) is 0 Å². The van der Waals surface area contributed by atoms with Crippen LogP contribution in [0.15, 0.2) is 65.7 Å². The lowest BCUT2D eigenvalue weighted by molar-refractivity contribution is -0.116. The number of amidine groups is 1. The molecule has 0 bridgehead atoms. The number of benzene rings is 2. The van der Waals surface area contributed by atoms with Gasteiger partial charge in [0.1, 0.15) is 0 Å². The molecule has 1 atom stereocenters. The molecule has 20 heavy (non-hydrogen) atoms. The molecule has 1 saturated heterocycles. The van der Waals surface area contributed by atoms with Crippen LogP contribution in [0.25, 0.3) is 0 Å². The molecule has 1 aliphatic heterocycles. The van der Waals surface area contributed by atoms with Crippen LogP contribution >= 0.6 is 11.8 Å². The van der Waals surface area contributed by atoms with Gasteiger partial charge >= 0.3 is 0 Å². The average molecular weight is 282 g/mol. The van der Waals surface area contributed by atoms with E-state index in [0.717, 1.165) is 16.5 Å². The van der Waals surface area contributed by atoms with Gasteiger partial charge in [0.2, 0.25) is 5.91 Å². The van der Waals surface area contributed by atoms with Gasteiger partial charge in [-0.05, 0) is 31.2 Å². The number of carbonyl (C=O) groups excluding carboxylic acids is 1. The zero-order chi connectivity index (χ0) is 13.9. The molecule has 0 spiro atoms. The fourth-order valence-corrected chi connectivity index (χ4v) is 3.02. The van der Waals surface area contributed by atoms with Crippen LogP contribution in [0.4, 0.5) is 11.4 Å². The maximum Gasteiger partial charge on any atom is 0.246 e. The molecule has 1 aliphatic rings. The smallest absolute Gasteiger partial charge is 0.246 e. The minimum absolute atomic E-state index is 0.0795. The molecule has 1 fully saturated rings. The van der Waals surface area contributed by atoms with Gasteiger partial charge in [-0.1, -0.05) is 48.2 Å². The van der Waals surface area contributed by atoms with E-state index in [4.69, 9.17) is 0 Å². The number of amides is 1. The molecule has 1 amide bonds. The minimum atomic E-state index is -0.0994. The van der Waals surface area contributed by atoms with E-state index < -0.39 is 0 Å². The van der Waals surface area contributed by atoms with Gasteiger partial charge in [-0.3, -0.25) is 9.69 Å². The molecule has 2 aromatic rings. The second-order valence-electron chi connectivity index (χ2n) is 4.50. The van der Waals surface area contributed by atoms with Crippen LogP contribution in [0.3, 0.4) is 0 Å². The zero-order valence-corrected chi connectivity index (χ0v) is 11.9. The number of rotatable bonds is 2. The normalized spacial score (nSPS) is 20.6. The van der Waals surface area contributed by atoms with E-state index in [2.05, 4.69) is 4.99 Å². The largest absolute Gasteiger partial charge is 0.273 e. The van der Waals surface area contributed by atoms with Crippen LogP contribution in [0.5, 0.6) is 0 Å². The van der Waals surface area contributed by atoms with Crippen LogP contribution in [0.1, 0.15) is 6.92 Å². The van der Waals surface area contributed by atoms with E-state index >= 15 is 0 Å². The van der Waals surface area contributed by atoms with Gasteiger partial charge in [0.25, 0.3) is 0 Å². The quantitative estimate of drug-likeness (QED) is 0.838. The summed E-state index contributed by atoms with van der Waals surface area (Å²) in [6, 6.07) is 19.4. The summed E-state index contributed by atoms with van der Waals surface area (Å²) < 4.78 is 0. The fraction of sp³-hybridized carbons (Fsp3) is 0.125. The summed E-state index contributed by atoms with van der Waals surface area (Å²) in [7, 11) is 0. The summed E-state index contributed by atoms with van der Waals surface area (Å²) in [5.41, 5.74) is 1.72. The van der Waals surface area contributed by atoms with Crippen molar-refractivity contribution in [2.45, 2.75) is 12.2 Å². The number of thioether (sulfide) groups is 1. The first-order valence-electron chi connectivity index (χ1n) is 6.45. The molecular formula is C16H14N2OS. The Morgan fingerprint density at radius 2 is 1.60 bits per heavy atom. The first-order chi connectivity index (χ1) is 9.75. The SMILES string of the molecule is CC1SC(=Nc2ccccc2)N(c2ccccc2)C1=O. The van der Waals surface area contributed by atoms with Crippen molar-refractivity contribution >= 4 is 34.2 Å². The Balaban J connectivity index is 2.01. The fourth-order valence-electron chi connectivity index (χ4n) is 2.04. The van der Waals surface area contributed by atoms with Gasteiger partial charge in [0, 0.05) is 0 Å². The lowest BCUT2D eigenvalue weighted by Crippen LogP contribution is -2.31. The van der Waals surface area contributed by atoms with Crippen LogP contribution < -0.4 is 4.90 Å². The van der Waals surface area contributed by atoms with E-state index in [1.807, 2.05) is 67.6 Å². The predicted octanol–water partition coefficient (Wildman–Crippen LogP) is 3.84. The summed E-state index contributed by atoms with van der Waals surface area (Å²) in [6.07, 6.45) is 0. The molecule has 0 N–H and O–H groups in total. The highest BCUT2D eigenvalue weighted by molar-refractivity contribution is 8.16. The van der Waals surface area contributed by atoms with Crippen molar-refractivity contribution in [1.82, 2.24) is 0 Å². The molecule has 0 aromatic heterocycles. The van der Waals surface area contributed by atoms with Gasteiger partial charge < -0.3 is 0 Å². The van der Waals surface area contributed by atoms with E-state index in [9.17, 15) is 4.79 Å². The van der Waals surface area contributed by atoms with Crippen LogP contribution in [0.2, 0.25) is 0 Å². The van der Waals surface area contributed by atoms with Crippen molar-refractivity contribution in [2.75, 3.05) is 4.90 Å². The number of carbonyl (C=O) groups is 1. The second kappa shape index (κ2) is 5.51. The van der Waals surface area contributed by atoms with Crippen LogP contribution in [0, 0.1) is 0 Å². The highest BCUT2D eigenvalue weighted by Gasteiger charge is 2.35. The molecule has 1 heterocycles. The van der Waals surface area contributed by atoms with Crippen molar-refractivity contribution in [3.05, 3.63) is 60.7 Å². The molecule has 100 valence electrons. The predicted molar refractivity (Wildman–Crippen MR) is 84.5 cm³/mol. The van der Waals surface area contributed by atoms with Crippen molar-refractivity contribution in [3.8, 4) is 0 Å². The second-order valence-corrected chi connectivity index (χ2v) is 5.81. The van der Waals surface area contributed by atoms with Crippen molar-refractivity contribution in [2.24, 2.45) is 4.99 Å². The molecule has 1 unspecified atom stereocenters. The molecule has 4 heteroatoms. The third-order valence-corrected chi connectivity index (χ3v) is 4.08. The van der Waals surface area contributed by atoms with E-state index in [-0.39, 0.29) is 11.2 Å². The third kappa shape index (κ3) is 2.47. The molecule has 2 aromatic carbocycles. The van der Waals surface area contributed by atoms with Crippen LogP contribution in [-0.4, -0.2) is 16.3 Å². The topological polar surface area (TPSA) is 32.7 Å². The van der Waals surface area contributed by atoms with Gasteiger partial charge in [0.05, 0.1) is 16.6 Å². The number of nitrogens with zero attached hydrogens (tertiary/aromatic N) is 2. The summed E-state index contributed by atoms with van der Waals surface area (Å²) in [5, 5.41) is 0.637. The lowest BCUT2D eigenvalue weighted by Gasteiger charge is -2.16. The summed E-state index contributed by atoms with van der Waals surface area (Å²) in [4.78, 5) is 18.6. The highest BCUT2D eigenvalue weighted by atomic mass is 32.2. The Morgan fingerprint density at radius 3 is 2.25 bits per heavy atom. The number of anilines is 1. The summed E-state index contributed by atoms with van der Waals surface area (Å²) >= 11 is 1.50. The van der Waals surface area contributed by atoms with Crippen molar-refractivity contribution in [3.63, 3.8) is 0 Å². The third-order valence-electron chi connectivity index (χ3n) is 3.04. The number of aliphatic imine (C=N–C) groups is 1. The number of para-hydroxylation sites is 2. The monoisotopic (exact) mass is 282 g/mol. The molecule has 0 aliphatic carbocycles. The number of hydrogen-bond donors (Lipinski definition) is 0. The number of hydrogen-bond acceptors (Lipinski definition) is 3. The first-order valence-corrected chi connectivity index (χ1v) is 7.33. The van der Waals surface area contributed by atoms with Gasteiger partial charge in [0.15, 0.2) is 5.17 Å². The molecular weight excluding hydrogens is 268 g/mol. The maximum atomic E-state index is 12.3. The molecule has 3 nitrogen and oxygen atoms in total. The summed E-state index contributed by atoms with van der Waals surface area (Å²) in [5.74, 6) is 0.0795. The highest BCUT2D eigenvalue weighted by Crippen LogP contribution is 2.33. The maximum absolute atomic E-state index is 12.3. The van der Waals surface area contributed by atoms with Crippen molar-refractivity contribution < 1.29 is 4.79 Å². The first kappa shape index (κ1) is 12.9. The Kier molecular flexibility index (Phi) is 3.56. The summed E-state index contributed by atoms with van der Waals surface area (Å²) in [6.45, 7) is 1.91. The van der Waals surface area contributed by atoms with Gasteiger partial charge in [-0.15, -0.1) is 0 Å². The standard InChI is InChI=1S/C16H14N2OS/c1-12-15(19)18(14-10-6-3-7-11-14)16(20-12)17-13-8-4-2-5-9-13/h2-12H,1H3. The Morgan fingerprint density at radius 1 is 1.00 bits per heavy atom. The average Bonchev–Trinajstić information content (AvgIpc) is 2.76. The Labute approximate surface area is 122 Å². The van der Waals surface area contributed by atoms with E-state index in [1.54, 1.807) is 4.90 Å². The van der Waals surface area contributed by atoms with Gasteiger partial charge in [-0.2, -0.15) is 0 Å². The molecule has 3 rings (SSSR count). The zero-order valence-electron chi connectivity index (χ0n) is 11.1. The van der Waals surface area contributed by atoms with Gasteiger partial charge in [-0.25, -0.2) is 4.99 Å². The van der Waals surface area contributed by atoms with Crippen LogP contribution in [-0.2, 0) is 4.79 Å².